The number of halogens is 2. The molecule has 2 N–H and O–H groups in total. The quantitative estimate of drug-likeness (QED) is 0.732. The first-order valence-electron chi connectivity index (χ1n) is 7.62. The van der Waals surface area contributed by atoms with Crippen molar-refractivity contribution in [1.82, 2.24) is 15.1 Å². The largest absolute Gasteiger partial charge is 0.372 e. The van der Waals surface area contributed by atoms with E-state index in [1.54, 1.807) is 0 Å². The maximum absolute atomic E-state index is 13.3. The minimum Gasteiger partial charge on any atom is -0.372 e. The summed E-state index contributed by atoms with van der Waals surface area (Å²) in [5, 5.41) is 13.1. The van der Waals surface area contributed by atoms with E-state index < -0.39 is 23.2 Å². The van der Waals surface area contributed by atoms with Crippen LogP contribution >= 0.6 is 11.6 Å². The van der Waals surface area contributed by atoms with Crippen LogP contribution in [0, 0.1) is 5.82 Å². The van der Waals surface area contributed by atoms with Crippen molar-refractivity contribution in [1.29, 1.82) is 0 Å². The van der Waals surface area contributed by atoms with E-state index in [2.05, 4.69) is 5.32 Å². The number of aliphatic hydroxyl groups is 1. The highest BCUT2D eigenvalue weighted by molar-refractivity contribution is 6.30. The molecule has 2 amide bonds. The highest BCUT2D eigenvalue weighted by Gasteiger charge is 2.50. The number of hydrogen-bond acceptors (Lipinski definition) is 4. The molecule has 1 saturated heterocycles. The highest BCUT2D eigenvalue weighted by atomic mass is 35.5. The Morgan fingerprint density at radius 1 is 1.46 bits per heavy atom. The Labute approximate surface area is 145 Å². The van der Waals surface area contributed by atoms with Gasteiger partial charge in [0.25, 0.3) is 11.8 Å². The first kappa shape index (κ1) is 18.6. The SMILES string of the molecule is CN(C)CCN1CCC(O)(C(=O)NCc2cc(F)cc(Cl)c2)C1=O. The van der Waals surface area contributed by atoms with Gasteiger partial charge in [-0.15, -0.1) is 0 Å². The van der Waals surface area contributed by atoms with Gasteiger partial charge in [-0.25, -0.2) is 4.39 Å². The molecule has 1 heterocycles. The van der Waals surface area contributed by atoms with Crippen molar-refractivity contribution in [3.8, 4) is 0 Å². The molecule has 1 aliphatic rings. The zero-order valence-electron chi connectivity index (χ0n) is 13.7. The average molecular weight is 358 g/mol. The van der Waals surface area contributed by atoms with Crippen molar-refractivity contribution in [3.05, 3.63) is 34.6 Å². The molecular formula is C16H21ClFN3O3. The topological polar surface area (TPSA) is 72.9 Å². The van der Waals surface area contributed by atoms with E-state index >= 15 is 0 Å². The summed E-state index contributed by atoms with van der Waals surface area (Å²) in [6.07, 6.45) is 0.0367. The van der Waals surface area contributed by atoms with Gasteiger partial charge in [-0.05, 0) is 37.9 Å². The van der Waals surface area contributed by atoms with Crippen molar-refractivity contribution in [2.75, 3.05) is 33.7 Å². The number of rotatable bonds is 6. The number of likely N-dealkylation sites (tertiary alicyclic amines) is 1. The molecule has 1 aromatic carbocycles. The van der Waals surface area contributed by atoms with Gasteiger partial charge in [-0.2, -0.15) is 0 Å². The lowest BCUT2D eigenvalue weighted by atomic mass is 10.0. The molecule has 2 rings (SSSR count). The predicted octanol–water partition coefficient (Wildman–Crippen LogP) is 0.620. The third kappa shape index (κ3) is 4.23. The van der Waals surface area contributed by atoms with E-state index in [1.807, 2.05) is 19.0 Å². The summed E-state index contributed by atoms with van der Waals surface area (Å²) in [6, 6.07) is 3.90. The Morgan fingerprint density at radius 2 is 2.17 bits per heavy atom. The molecule has 132 valence electrons. The maximum atomic E-state index is 13.3. The molecular weight excluding hydrogens is 337 g/mol. The van der Waals surface area contributed by atoms with E-state index in [0.29, 0.717) is 25.2 Å². The smallest absolute Gasteiger partial charge is 0.264 e. The van der Waals surface area contributed by atoms with Crippen LogP contribution in [0.3, 0.4) is 0 Å². The van der Waals surface area contributed by atoms with Crippen LogP contribution in [0.2, 0.25) is 5.02 Å². The van der Waals surface area contributed by atoms with Gasteiger partial charge in [0.05, 0.1) is 0 Å². The van der Waals surface area contributed by atoms with Crippen LogP contribution in [0.5, 0.6) is 0 Å². The molecule has 0 saturated carbocycles. The number of hydrogen-bond donors (Lipinski definition) is 2. The summed E-state index contributed by atoms with van der Waals surface area (Å²) < 4.78 is 13.3. The zero-order valence-corrected chi connectivity index (χ0v) is 14.4. The third-order valence-corrected chi connectivity index (χ3v) is 4.17. The normalized spacial score (nSPS) is 20.8. The zero-order chi connectivity index (χ0) is 17.9. The van der Waals surface area contributed by atoms with E-state index in [-0.39, 0.29) is 18.0 Å². The van der Waals surface area contributed by atoms with Crippen LogP contribution in [0.1, 0.15) is 12.0 Å². The Balaban J connectivity index is 1.97. The molecule has 1 fully saturated rings. The predicted molar refractivity (Wildman–Crippen MR) is 88.0 cm³/mol. The molecule has 6 nitrogen and oxygen atoms in total. The minimum absolute atomic E-state index is 0.0242. The number of nitrogens with one attached hydrogen (secondary N) is 1. The van der Waals surface area contributed by atoms with Gasteiger partial charge in [0.2, 0.25) is 5.60 Å². The Kier molecular flexibility index (Phi) is 5.79. The fourth-order valence-corrected chi connectivity index (χ4v) is 2.80. The van der Waals surface area contributed by atoms with Gasteiger partial charge in [-0.1, -0.05) is 11.6 Å². The molecule has 0 spiro atoms. The maximum Gasteiger partial charge on any atom is 0.264 e. The molecule has 0 aliphatic carbocycles. The van der Waals surface area contributed by atoms with E-state index in [1.165, 1.54) is 17.0 Å². The van der Waals surface area contributed by atoms with Crippen molar-refractivity contribution in [2.24, 2.45) is 0 Å². The van der Waals surface area contributed by atoms with Crippen LogP contribution in [0.4, 0.5) is 4.39 Å². The molecule has 1 aromatic rings. The number of nitrogens with zero attached hydrogens (tertiary/aromatic N) is 2. The molecule has 8 heteroatoms. The van der Waals surface area contributed by atoms with Gasteiger partial charge in [-0.3, -0.25) is 9.59 Å². The van der Waals surface area contributed by atoms with Crippen molar-refractivity contribution in [2.45, 2.75) is 18.6 Å². The van der Waals surface area contributed by atoms with E-state index in [4.69, 9.17) is 11.6 Å². The summed E-state index contributed by atoms with van der Waals surface area (Å²) in [7, 11) is 3.76. The van der Waals surface area contributed by atoms with Gasteiger partial charge < -0.3 is 20.2 Å². The molecule has 1 unspecified atom stereocenters. The number of carbonyl (C=O) groups excluding carboxylic acids is 2. The average Bonchev–Trinajstić information content (AvgIpc) is 2.78. The molecule has 0 radical (unpaired) electrons. The van der Waals surface area contributed by atoms with Crippen LogP contribution in [0.25, 0.3) is 0 Å². The molecule has 1 aliphatic heterocycles. The lowest BCUT2D eigenvalue weighted by Gasteiger charge is -2.22. The van der Waals surface area contributed by atoms with Gasteiger partial charge in [0, 0.05) is 37.6 Å². The number of benzene rings is 1. The fourth-order valence-electron chi connectivity index (χ4n) is 2.55. The Morgan fingerprint density at radius 3 is 2.79 bits per heavy atom. The van der Waals surface area contributed by atoms with Gasteiger partial charge in [0.1, 0.15) is 5.82 Å². The second-order valence-corrected chi connectivity index (χ2v) is 6.60. The van der Waals surface area contributed by atoms with E-state index in [0.717, 1.165) is 6.07 Å². The fraction of sp³-hybridized carbons (Fsp3) is 0.500. The molecule has 0 bridgehead atoms. The summed E-state index contributed by atoms with van der Waals surface area (Å²) >= 11 is 5.76. The first-order chi connectivity index (χ1) is 11.2. The summed E-state index contributed by atoms with van der Waals surface area (Å²) in [5.41, 5.74) is -1.62. The second-order valence-electron chi connectivity index (χ2n) is 6.17. The lowest BCUT2D eigenvalue weighted by Crippen LogP contribution is -2.52. The van der Waals surface area contributed by atoms with Gasteiger partial charge >= 0.3 is 0 Å². The summed E-state index contributed by atoms with van der Waals surface area (Å²) in [5.74, 6) is -1.89. The Bertz CT molecular complexity index is 621. The van der Waals surface area contributed by atoms with Crippen LogP contribution in [-0.2, 0) is 16.1 Å². The molecule has 24 heavy (non-hydrogen) atoms. The lowest BCUT2D eigenvalue weighted by molar-refractivity contribution is -0.154. The Hall–Kier alpha value is -1.70. The van der Waals surface area contributed by atoms with Crippen LogP contribution in [0.15, 0.2) is 18.2 Å². The number of carbonyl (C=O) groups is 2. The number of amides is 2. The summed E-state index contributed by atoms with van der Waals surface area (Å²) in [4.78, 5) is 28.0. The first-order valence-corrected chi connectivity index (χ1v) is 8.00. The van der Waals surface area contributed by atoms with Crippen LogP contribution in [-0.4, -0.2) is 66.1 Å². The standard InChI is InChI=1S/C16H21ClFN3O3/c1-20(2)5-6-21-4-3-16(24,15(21)23)14(22)19-10-11-7-12(17)9-13(18)8-11/h7-9,24H,3-6,10H2,1-2H3,(H,19,22). The second kappa shape index (κ2) is 7.46. The monoisotopic (exact) mass is 357 g/mol. The van der Waals surface area contributed by atoms with Gasteiger partial charge in [0.15, 0.2) is 0 Å². The van der Waals surface area contributed by atoms with Crippen LogP contribution < -0.4 is 5.32 Å². The number of likely N-dealkylation sites (N-methyl/N-ethyl adjacent to an activating group) is 1. The highest BCUT2D eigenvalue weighted by Crippen LogP contribution is 2.23. The molecule has 0 aromatic heterocycles. The van der Waals surface area contributed by atoms with Crippen molar-refractivity contribution < 1.29 is 19.1 Å². The third-order valence-electron chi connectivity index (χ3n) is 3.95. The minimum atomic E-state index is -2.07. The van der Waals surface area contributed by atoms with E-state index in [9.17, 15) is 19.1 Å². The summed E-state index contributed by atoms with van der Waals surface area (Å²) in [6.45, 7) is 1.39. The van der Waals surface area contributed by atoms with Crippen molar-refractivity contribution >= 4 is 23.4 Å². The molecule has 1 atom stereocenters. The van der Waals surface area contributed by atoms with Crippen molar-refractivity contribution in [3.63, 3.8) is 0 Å².